The number of rotatable bonds is 7. The smallest absolute Gasteiger partial charge is 0.541 e. The normalized spacial score (nSPS) is 40.5. The molecule has 0 aromatic carbocycles. The first-order chi connectivity index (χ1) is 22.8. The van der Waals surface area contributed by atoms with Gasteiger partial charge in [0.25, 0.3) is 0 Å². The second-order valence-corrected chi connectivity index (χ2v) is 19.8. The summed E-state index contributed by atoms with van der Waals surface area (Å²) >= 11 is 0. The molecule has 1 saturated heterocycles. The molecule has 8 nitrogen and oxygen atoms in total. The number of nitrogens with zero attached hydrogens (tertiary/aromatic N) is 1. The molecule has 1 aliphatic heterocycles. The molecule has 6 aliphatic rings. The van der Waals surface area contributed by atoms with Gasteiger partial charge in [-0.1, -0.05) is 68.7 Å². The van der Waals surface area contributed by atoms with Crippen molar-refractivity contribution in [2.24, 2.45) is 50.7 Å². The average molecular weight is 720 g/mol. The second kappa shape index (κ2) is 14.5. The molecule has 9 atom stereocenters. The number of fused-ring (bicyclic) bond motifs is 7. The molecule has 1 heterocycles. The first-order valence-corrected chi connectivity index (χ1v) is 19.7. The number of carbonyl (C=O) groups is 3. The number of ether oxygens (including phenoxy) is 1. The zero-order valence-electron chi connectivity index (χ0n) is 33.9. The number of allylic oxidation sites excluding steroid dienone is 1. The maximum absolute atomic E-state index is 14.0. The van der Waals surface area contributed by atoms with Gasteiger partial charge in [-0.2, -0.15) is 0 Å². The van der Waals surface area contributed by atoms with Crippen molar-refractivity contribution in [1.29, 1.82) is 0 Å². The van der Waals surface area contributed by atoms with Crippen molar-refractivity contribution in [2.45, 2.75) is 163 Å². The SMILES string of the molecule is CC(C)C1=C2[C@H]3CC[C@@H]4[C@@]5(C)CC[C@H](OC(=O)CC(C)(C)[C-]=O)C(C)(C)[C@@H]5CC[C@@]4(C)[C@]3(C)CC[C@@]2(NC(=O)[C@@H]2CCCCN2C)CC1=O.[Na+].[OH3+]. The molecule has 51 heavy (non-hydrogen) atoms. The molecule has 0 bridgehead atoms. The number of piperidine rings is 1. The molecule has 4 saturated carbocycles. The van der Waals surface area contributed by atoms with Gasteiger partial charge in [-0.15, -0.1) is 5.41 Å². The molecule has 6 rings (SSSR count). The Morgan fingerprint density at radius 2 is 1.63 bits per heavy atom. The minimum absolute atomic E-state index is 0. The zero-order chi connectivity index (χ0) is 35.9. The fourth-order valence-corrected chi connectivity index (χ4v) is 13.3. The predicted molar refractivity (Wildman–Crippen MR) is 197 cm³/mol. The van der Waals surface area contributed by atoms with Crippen LogP contribution in [0.2, 0.25) is 0 Å². The average Bonchev–Trinajstić information content (AvgIpc) is 3.30. The van der Waals surface area contributed by atoms with Crippen LogP contribution in [0, 0.1) is 50.7 Å². The van der Waals surface area contributed by atoms with E-state index in [4.69, 9.17) is 4.74 Å². The van der Waals surface area contributed by atoms with E-state index in [0.29, 0.717) is 18.3 Å². The Morgan fingerprint density at radius 3 is 2.25 bits per heavy atom. The summed E-state index contributed by atoms with van der Waals surface area (Å²) in [5, 5.41) is 3.62. The first-order valence-electron chi connectivity index (χ1n) is 19.7. The number of hydrogen-bond donors (Lipinski definition) is 1. The van der Waals surface area contributed by atoms with Gasteiger partial charge in [0.2, 0.25) is 5.91 Å². The summed E-state index contributed by atoms with van der Waals surface area (Å²) in [4.78, 5) is 54.6. The molecule has 0 unspecified atom stereocenters. The Morgan fingerprint density at radius 1 is 0.941 bits per heavy atom. The molecular weight excluding hydrogens is 651 g/mol. The maximum atomic E-state index is 14.0. The van der Waals surface area contributed by atoms with Gasteiger partial charge in [-0.3, -0.25) is 25.6 Å². The van der Waals surface area contributed by atoms with Crippen LogP contribution in [0.1, 0.15) is 146 Å². The van der Waals surface area contributed by atoms with E-state index in [1.54, 1.807) is 13.8 Å². The topological polar surface area (TPSA) is 126 Å². The molecule has 5 fully saturated rings. The summed E-state index contributed by atoms with van der Waals surface area (Å²) in [5.74, 6) is 1.42. The van der Waals surface area contributed by atoms with Crippen molar-refractivity contribution in [3.8, 4) is 0 Å². The summed E-state index contributed by atoms with van der Waals surface area (Å²) < 4.78 is 6.20. The van der Waals surface area contributed by atoms with Gasteiger partial charge in [0.05, 0.1) is 11.6 Å². The van der Waals surface area contributed by atoms with E-state index in [2.05, 4.69) is 65.7 Å². The molecular formula is C42H68N2NaO6+. The Balaban J connectivity index is 0.00000292. The third-order valence-corrected chi connectivity index (χ3v) is 15.9. The number of likely N-dealkylation sites (tertiary alicyclic amines) is 1. The largest absolute Gasteiger partial charge is 1.00 e. The number of carbonyl (C=O) groups excluding carboxylic acids is 4. The van der Waals surface area contributed by atoms with Crippen LogP contribution in [-0.2, 0) is 29.4 Å². The summed E-state index contributed by atoms with van der Waals surface area (Å²) in [6.45, 7) is 21.1. The van der Waals surface area contributed by atoms with Crippen molar-refractivity contribution < 1.29 is 58.9 Å². The van der Waals surface area contributed by atoms with E-state index in [0.717, 1.165) is 82.7 Å². The van der Waals surface area contributed by atoms with E-state index in [1.807, 2.05) is 6.29 Å². The number of nitrogens with one attached hydrogen (secondary N) is 1. The molecule has 4 N–H and O–H groups in total. The standard InChI is InChI=1S/C42H65N2O5.Na.H2O/c1-26(2)34-29(46)23-42(43-36(48)28-13-11-12-22-44(28)10)21-20-40(8)27(35(34)42)14-15-31-39(7)18-17-32(49-33(47)24-37(3,4)25-45)38(5,6)30(39)16-19-41(31,40)9;;/h26-28,30-32H,11-24H2,1-10H3,(H,43,48);;1H2/q-1;+1;/p+1/t27-,28+,30+,31-,32+,39+,40-,41-,42-;;/m1../s1. The molecule has 0 radical (unpaired) electrons. The molecule has 282 valence electrons. The van der Waals surface area contributed by atoms with Crippen LogP contribution in [0.15, 0.2) is 11.1 Å². The predicted octanol–water partition coefficient (Wildman–Crippen LogP) is 3.84. The van der Waals surface area contributed by atoms with Gasteiger partial charge in [-0.05, 0) is 129 Å². The quantitative estimate of drug-likeness (QED) is 0.185. The summed E-state index contributed by atoms with van der Waals surface area (Å²) in [7, 11) is 2.07. The van der Waals surface area contributed by atoms with E-state index >= 15 is 0 Å². The van der Waals surface area contributed by atoms with E-state index in [9.17, 15) is 19.2 Å². The summed E-state index contributed by atoms with van der Waals surface area (Å²) in [5.41, 5.74) is 0.946. The monoisotopic (exact) mass is 719 g/mol. The Kier molecular flexibility index (Phi) is 12.2. The second-order valence-electron chi connectivity index (χ2n) is 19.8. The van der Waals surface area contributed by atoms with Gasteiger partial charge in [0.1, 0.15) is 6.10 Å². The summed E-state index contributed by atoms with van der Waals surface area (Å²) in [6, 6.07) is -0.119. The molecule has 0 aromatic rings. The van der Waals surface area contributed by atoms with Crippen LogP contribution in [0.4, 0.5) is 0 Å². The van der Waals surface area contributed by atoms with Crippen molar-refractivity contribution in [3.63, 3.8) is 0 Å². The fraction of sp³-hybridized carbons (Fsp3) is 0.857. The molecule has 9 heteroatoms. The van der Waals surface area contributed by atoms with Crippen molar-refractivity contribution in [2.75, 3.05) is 13.6 Å². The van der Waals surface area contributed by atoms with E-state index in [1.165, 1.54) is 5.57 Å². The van der Waals surface area contributed by atoms with Gasteiger partial charge >= 0.3 is 35.5 Å². The van der Waals surface area contributed by atoms with Crippen LogP contribution < -0.4 is 34.9 Å². The molecule has 1 amide bonds. The van der Waals surface area contributed by atoms with Gasteiger partial charge in [-0.25, -0.2) is 0 Å². The van der Waals surface area contributed by atoms with Crippen LogP contribution in [0.3, 0.4) is 0 Å². The number of amides is 1. The third-order valence-electron chi connectivity index (χ3n) is 15.9. The van der Waals surface area contributed by atoms with E-state index < -0.39 is 11.0 Å². The van der Waals surface area contributed by atoms with Crippen molar-refractivity contribution >= 4 is 23.9 Å². The van der Waals surface area contributed by atoms with E-state index in [-0.39, 0.29) is 105 Å². The molecule has 0 spiro atoms. The first kappa shape index (κ1) is 42.7. The van der Waals surface area contributed by atoms with Crippen molar-refractivity contribution in [1.82, 2.24) is 10.2 Å². The fourth-order valence-electron chi connectivity index (χ4n) is 13.3. The van der Waals surface area contributed by atoms with Crippen LogP contribution >= 0.6 is 0 Å². The molecule has 0 aromatic heterocycles. The summed E-state index contributed by atoms with van der Waals surface area (Å²) in [6.07, 6.45) is 13.5. The Labute approximate surface area is 330 Å². The Bertz CT molecular complexity index is 1420. The van der Waals surface area contributed by atoms with Crippen LogP contribution in [-0.4, -0.2) is 60.1 Å². The zero-order valence-corrected chi connectivity index (χ0v) is 35.9. The number of hydrogen-bond acceptors (Lipinski definition) is 6. The van der Waals surface area contributed by atoms with Gasteiger partial charge in [0.15, 0.2) is 5.78 Å². The van der Waals surface area contributed by atoms with Gasteiger partial charge < -0.3 is 20.3 Å². The van der Waals surface area contributed by atoms with Crippen LogP contribution in [0.25, 0.3) is 0 Å². The minimum Gasteiger partial charge on any atom is -0.541 e. The Hall–Kier alpha value is -1.06. The van der Waals surface area contributed by atoms with Crippen LogP contribution in [0.5, 0.6) is 0 Å². The minimum atomic E-state index is -0.841. The number of likely N-dealkylation sites (N-methyl/N-ethyl adjacent to an activating group) is 1. The van der Waals surface area contributed by atoms with Gasteiger partial charge in [0, 0.05) is 18.3 Å². The van der Waals surface area contributed by atoms with Crippen molar-refractivity contribution in [3.05, 3.63) is 11.1 Å². The molecule has 5 aliphatic carbocycles. The number of ketones is 1. The maximum Gasteiger partial charge on any atom is 1.00 e. The third kappa shape index (κ3) is 6.69. The number of Topliss-reactive ketones (excluding diaryl/α,β-unsaturated/α-hetero) is 1. The number of esters is 1.